The molecule has 80 valence electrons. The fourth-order valence-corrected chi connectivity index (χ4v) is 1.34. The van der Waals surface area contributed by atoms with Crippen LogP contribution < -0.4 is 0 Å². The number of pyridine rings is 1. The monoisotopic (exact) mass is 214 g/mol. The molecule has 0 fully saturated rings. The molecule has 0 aromatic carbocycles. The second kappa shape index (κ2) is 4.49. The van der Waals surface area contributed by atoms with Gasteiger partial charge in [0.25, 0.3) is 0 Å². The molecular formula is C12H10N2O2. The number of rotatable bonds is 1. The van der Waals surface area contributed by atoms with Crippen LogP contribution >= 0.6 is 0 Å². The Balaban J connectivity index is 2.31. The van der Waals surface area contributed by atoms with Crippen molar-refractivity contribution in [1.29, 1.82) is 0 Å². The Morgan fingerprint density at radius 3 is 3.31 bits per heavy atom. The Morgan fingerprint density at radius 2 is 2.50 bits per heavy atom. The Morgan fingerprint density at radius 1 is 1.62 bits per heavy atom. The predicted octanol–water partition coefficient (Wildman–Crippen LogP) is 1.48. The van der Waals surface area contributed by atoms with Crippen LogP contribution in [0.25, 0.3) is 11.0 Å². The molecule has 4 heteroatoms. The van der Waals surface area contributed by atoms with Crippen molar-refractivity contribution in [3.63, 3.8) is 0 Å². The van der Waals surface area contributed by atoms with Crippen LogP contribution in [0.2, 0.25) is 0 Å². The Bertz CT molecular complexity index is 575. The third-order valence-electron chi connectivity index (χ3n) is 2.03. The lowest BCUT2D eigenvalue weighted by Crippen LogP contribution is -1.99. The van der Waals surface area contributed by atoms with Gasteiger partial charge in [-0.2, -0.15) is 0 Å². The minimum Gasteiger partial charge on any atom is -0.456 e. The summed E-state index contributed by atoms with van der Waals surface area (Å²) in [5.41, 5.74) is 1.51. The first-order chi connectivity index (χ1) is 7.81. The summed E-state index contributed by atoms with van der Waals surface area (Å²) in [5.74, 6) is 4.66. The van der Waals surface area contributed by atoms with Gasteiger partial charge in [-0.15, -0.1) is 0 Å². The van der Waals surface area contributed by atoms with Crippen LogP contribution in [0, 0.1) is 11.8 Å². The van der Waals surface area contributed by atoms with Gasteiger partial charge in [0.15, 0.2) is 0 Å². The molecule has 1 N–H and O–H groups in total. The molecule has 0 aliphatic rings. The summed E-state index contributed by atoms with van der Waals surface area (Å²) in [6.07, 6.45) is 3.42. The smallest absolute Gasteiger partial charge is 0.384 e. The Kier molecular flexibility index (Phi) is 2.88. The zero-order chi connectivity index (χ0) is 11.4. The van der Waals surface area contributed by atoms with Gasteiger partial charge in [-0.1, -0.05) is 5.92 Å². The second-order valence-electron chi connectivity index (χ2n) is 3.07. The average Bonchev–Trinajstić information content (AvgIpc) is 2.70. The van der Waals surface area contributed by atoms with Gasteiger partial charge in [-0.25, -0.2) is 9.78 Å². The van der Waals surface area contributed by atoms with Crippen molar-refractivity contribution in [3.05, 3.63) is 30.1 Å². The fraction of sp³-hybridized carbons (Fsp3) is 0.167. The van der Waals surface area contributed by atoms with Crippen LogP contribution in [0.1, 0.15) is 12.5 Å². The highest BCUT2D eigenvalue weighted by atomic mass is 16.5. The maximum absolute atomic E-state index is 11.1. The van der Waals surface area contributed by atoms with Crippen LogP contribution in [-0.2, 0) is 9.53 Å². The second-order valence-corrected chi connectivity index (χ2v) is 3.07. The molecular weight excluding hydrogens is 204 g/mol. The van der Waals surface area contributed by atoms with Gasteiger partial charge in [0, 0.05) is 23.7 Å². The summed E-state index contributed by atoms with van der Waals surface area (Å²) in [7, 11) is 0. The van der Waals surface area contributed by atoms with Crippen LogP contribution in [0.5, 0.6) is 0 Å². The van der Waals surface area contributed by atoms with Crippen molar-refractivity contribution in [1.82, 2.24) is 9.97 Å². The molecule has 0 bridgehead atoms. The van der Waals surface area contributed by atoms with Gasteiger partial charge in [-0.05, 0) is 19.1 Å². The zero-order valence-electron chi connectivity index (χ0n) is 8.78. The van der Waals surface area contributed by atoms with Gasteiger partial charge in [0.05, 0.1) is 12.2 Å². The largest absolute Gasteiger partial charge is 0.456 e. The minimum absolute atomic E-state index is 0.336. The van der Waals surface area contributed by atoms with E-state index in [2.05, 4.69) is 21.8 Å². The lowest BCUT2D eigenvalue weighted by Gasteiger charge is -1.90. The van der Waals surface area contributed by atoms with E-state index >= 15 is 0 Å². The highest BCUT2D eigenvalue weighted by molar-refractivity contribution is 5.91. The molecule has 0 aliphatic carbocycles. The van der Waals surface area contributed by atoms with E-state index < -0.39 is 5.97 Å². The van der Waals surface area contributed by atoms with Crippen molar-refractivity contribution in [2.75, 3.05) is 6.61 Å². The van der Waals surface area contributed by atoms with Gasteiger partial charge < -0.3 is 9.72 Å². The Labute approximate surface area is 92.6 Å². The predicted molar refractivity (Wildman–Crippen MR) is 59.6 cm³/mol. The molecule has 2 aromatic heterocycles. The van der Waals surface area contributed by atoms with Crippen molar-refractivity contribution >= 4 is 17.0 Å². The van der Waals surface area contributed by atoms with E-state index in [0.717, 1.165) is 16.6 Å². The number of hydrogen-bond donors (Lipinski definition) is 1. The summed E-state index contributed by atoms with van der Waals surface area (Å²) in [6.45, 7) is 2.08. The van der Waals surface area contributed by atoms with Crippen LogP contribution in [-0.4, -0.2) is 22.5 Å². The Hall–Kier alpha value is -2.28. The maximum Gasteiger partial charge on any atom is 0.384 e. The van der Waals surface area contributed by atoms with E-state index in [1.54, 1.807) is 19.3 Å². The van der Waals surface area contributed by atoms with Gasteiger partial charge in [0.1, 0.15) is 5.65 Å². The SMILES string of the molecule is CCOC(=O)C#Cc1c[nH]c2ncccc12. The number of carbonyl (C=O) groups is 1. The molecule has 2 aromatic rings. The van der Waals surface area contributed by atoms with Crippen molar-refractivity contribution in [2.45, 2.75) is 6.92 Å². The minimum atomic E-state index is -0.513. The summed E-state index contributed by atoms with van der Waals surface area (Å²) < 4.78 is 4.71. The van der Waals surface area contributed by atoms with Gasteiger partial charge in [0.2, 0.25) is 0 Å². The molecule has 2 heterocycles. The maximum atomic E-state index is 11.1. The number of carbonyl (C=O) groups excluding carboxylic acids is 1. The average molecular weight is 214 g/mol. The highest BCUT2D eigenvalue weighted by Gasteiger charge is 2.01. The molecule has 0 radical (unpaired) electrons. The number of aromatic nitrogens is 2. The quantitative estimate of drug-likeness (QED) is 0.577. The third kappa shape index (κ3) is 2.04. The number of nitrogens with zero attached hydrogens (tertiary/aromatic N) is 1. The molecule has 0 unspecified atom stereocenters. The first-order valence-electron chi connectivity index (χ1n) is 4.92. The number of H-pyrrole nitrogens is 1. The normalized spacial score (nSPS) is 9.56. The summed E-state index contributed by atoms with van der Waals surface area (Å²) >= 11 is 0. The molecule has 0 spiro atoms. The first kappa shape index (κ1) is 10.2. The van der Waals surface area contributed by atoms with Gasteiger partial charge >= 0.3 is 5.97 Å². The topological polar surface area (TPSA) is 55.0 Å². The summed E-state index contributed by atoms with van der Waals surface area (Å²) in [6, 6.07) is 3.72. The van der Waals surface area contributed by atoms with Crippen molar-refractivity contribution < 1.29 is 9.53 Å². The number of fused-ring (bicyclic) bond motifs is 1. The standard InChI is InChI=1S/C12H10N2O2/c1-2-16-11(15)6-5-9-8-14-12-10(9)4-3-7-13-12/h3-4,7-8H,2H2,1H3,(H,13,14). The lowest BCUT2D eigenvalue weighted by atomic mass is 10.2. The molecule has 2 rings (SSSR count). The van der Waals surface area contributed by atoms with Crippen LogP contribution in [0.3, 0.4) is 0 Å². The van der Waals surface area contributed by atoms with Crippen molar-refractivity contribution in [3.8, 4) is 11.8 Å². The number of hydrogen-bond acceptors (Lipinski definition) is 3. The molecule has 0 amide bonds. The highest BCUT2D eigenvalue weighted by Crippen LogP contribution is 2.13. The number of esters is 1. The van der Waals surface area contributed by atoms with Crippen LogP contribution in [0.15, 0.2) is 24.5 Å². The van der Waals surface area contributed by atoms with Gasteiger partial charge in [-0.3, -0.25) is 0 Å². The van der Waals surface area contributed by atoms with E-state index in [-0.39, 0.29) is 0 Å². The van der Waals surface area contributed by atoms with E-state index in [0.29, 0.717) is 6.61 Å². The first-order valence-corrected chi connectivity index (χ1v) is 4.92. The van der Waals surface area contributed by atoms with E-state index in [9.17, 15) is 4.79 Å². The molecule has 0 aliphatic heterocycles. The molecule has 0 saturated heterocycles. The molecule has 0 saturated carbocycles. The molecule has 0 atom stereocenters. The lowest BCUT2D eigenvalue weighted by molar-refractivity contribution is -0.136. The number of nitrogens with one attached hydrogen (secondary N) is 1. The molecule has 16 heavy (non-hydrogen) atoms. The third-order valence-corrected chi connectivity index (χ3v) is 2.03. The van der Waals surface area contributed by atoms with Crippen molar-refractivity contribution in [2.24, 2.45) is 0 Å². The zero-order valence-corrected chi connectivity index (χ0v) is 8.78. The van der Waals surface area contributed by atoms with Crippen LogP contribution in [0.4, 0.5) is 0 Å². The fourth-order valence-electron chi connectivity index (χ4n) is 1.34. The number of ether oxygens (including phenoxy) is 1. The van der Waals surface area contributed by atoms with E-state index in [1.807, 2.05) is 12.1 Å². The summed E-state index contributed by atoms with van der Waals surface area (Å²) in [5, 5.41) is 0.902. The van der Waals surface area contributed by atoms with E-state index in [4.69, 9.17) is 4.74 Å². The van der Waals surface area contributed by atoms with E-state index in [1.165, 1.54) is 0 Å². The summed E-state index contributed by atoms with van der Waals surface area (Å²) in [4.78, 5) is 18.2. The number of aromatic amines is 1. The molecule has 4 nitrogen and oxygen atoms in total.